The summed E-state index contributed by atoms with van der Waals surface area (Å²) in [7, 11) is 1.88. The van der Waals surface area contributed by atoms with Crippen molar-refractivity contribution >= 4 is 17.5 Å². The summed E-state index contributed by atoms with van der Waals surface area (Å²) in [5.41, 5.74) is 2.61. The Morgan fingerprint density at radius 2 is 2.21 bits per heavy atom. The van der Waals surface area contributed by atoms with Crippen LogP contribution >= 0.6 is 11.6 Å². The minimum atomic E-state index is -0.141. The number of halogens is 1. The largest absolute Gasteiger partial charge is 0.345 e. The molecule has 0 saturated heterocycles. The Hall–Kier alpha value is -1.81. The molecule has 1 N–H and O–H groups in total. The van der Waals surface area contributed by atoms with Crippen molar-refractivity contribution in [3.05, 3.63) is 52.3 Å². The van der Waals surface area contributed by atoms with Gasteiger partial charge in [0.1, 0.15) is 0 Å². The van der Waals surface area contributed by atoms with E-state index in [1.807, 2.05) is 20.9 Å². The van der Waals surface area contributed by atoms with Crippen molar-refractivity contribution in [2.75, 3.05) is 0 Å². The van der Waals surface area contributed by atoms with Gasteiger partial charge in [-0.3, -0.25) is 9.48 Å². The fraction of sp³-hybridized carbons (Fsp3) is 0.286. The third-order valence-electron chi connectivity index (χ3n) is 3.17. The molecule has 0 aliphatic rings. The van der Waals surface area contributed by atoms with Crippen LogP contribution in [0, 0.1) is 6.92 Å². The Kier molecular flexibility index (Phi) is 3.90. The van der Waals surface area contributed by atoms with Gasteiger partial charge in [0.2, 0.25) is 0 Å². The van der Waals surface area contributed by atoms with Gasteiger partial charge in [0.05, 0.1) is 12.2 Å². The number of aryl methyl sites for hydroxylation is 1. The van der Waals surface area contributed by atoms with Gasteiger partial charge in [-0.05, 0) is 32.0 Å². The summed E-state index contributed by atoms with van der Waals surface area (Å²) in [5.74, 6) is -0.141. The molecule has 1 unspecified atom stereocenters. The average Bonchev–Trinajstić information content (AvgIpc) is 2.70. The molecule has 0 fully saturated rings. The summed E-state index contributed by atoms with van der Waals surface area (Å²) in [5, 5.41) is 7.67. The van der Waals surface area contributed by atoms with Gasteiger partial charge in [-0.25, -0.2) is 0 Å². The van der Waals surface area contributed by atoms with Gasteiger partial charge in [0, 0.05) is 28.9 Å². The molecule has 1 aromatic heterocycles. The van der Waals surface area contributed by atoms with Crippen LogP contribution in [0.2, 0.25) is 5.02 Å². The first-order chi connectivity index (χ1) is 8.99. The van der Waals surface area contributed by atoms with E-state index in [0.29, 0.717) is 10.6 Å². The van der Waals surface area contributed by atoms with E-state index in [4.69, 9.17) is 11.6 Å². The SMILES string of the molecule is Cc1c(C(C)NC(=O)c2cccc(Cl)c2)cnn1C. The van der Waals surface area contributed by atoms with Crippen LogP contribution in [-0.2, 0) is 7.05 Å². The highest BCUT2D eigenvalue weighted by atomic mass is 35.5. The minimum Gasteiger partial charge on any atom is -0.345 e. The Bertz CT molecular complexity index is 606. The van der Waals surface area contributed by atoms with Crippen LogP contribution in [0.5, 0.6) is 0 Å². The minimum absolute atomic E-state index is 0.0971. The Labute approximate surface area is 117 Å². The molecular weight excluding hydrogens is 262 g/mol. The second-order valence-electron chi connectivity index (χ2n) is 4.51. The van der Waals surface area contributed by atoms with Crippen molar-refractivity contribution in [2.24, 2.45) is 7.05 Å². The maximum absolute atomic E-state index is 12.1. The van der Waals surface area contributed by atoms with Gasteiger partial charge >= 0.3 is 0 Å². The number of nitrogens with one attached hydrogen (secondary N) is 1. The van der Waals surface area contributed by atoms with Crippen LogP contribution in [0.25, 0.3) is 0 Å². The lowest BCUT2D eigenvalue weighted by Gasteiger charge is -2.13. The van der Waals surface area contributed by atoms with E-state index in [2.05, 4.69) is 10.4 Å². The molecule has 2 rings (SSSR count). The summed E-state index contributed by atoms with van der Waals surface area (Å²) in [4.78, 5) is 12.1. The molecule has 19 heavy (non-hydrogen) atoms. The summed E-state index contributed by atoms with van der Waals surface area (Å²) in [6.07, 6.45) is 1.78. The van der Waals surface area contributed by atoms with Gasteiger partial charge in [0.15, 0.2) is 0 Å². The second-order valence-corrected chi connectivity index (χ2v) is 4.95. The number of benzene rings is 1. The third kappa shape index (κ3) is 2.96. The zero-order chi connectivity index (χ0) is 14.0. The summed E-state index contributed by atoms with van der Waals surface area (Å²) in [6.45, 7) is 3.91. The smallest absolute Gasteiger partial charge is 0.251 e. The molecule has 2 aromatic rings. The molecule has 0 aliphatic carbocycles. The maximum Gasteiger partial charge on any atom is 0.251 e. The average molecular weight is 278 g/mol. The molecular formula is C14H16ClN3O. The van der Waals surface area contributed by atoms with Crippen molar-refractivity contribution in [1.82, 2.24) is 15.1 Å². The highest BCUT2D eigenvalue weighted by Crippen LogP contribution is 2.17. The monoisotopic (exact) mass is 277 g/mol. The predicted octanol–water partition coefficient (Wildman–Crippen LogP) is 2.87. The van der Waals surface area contributed by atoms with Gasteiger partial charge < -0.3 is 5.32 Å². The number of nitrogens with zero attached hydrogens (tertiary/aromatic N) is 2. The fourth-order valence-corrected chi connectivity index (χ4v) is 2.12. The van der Waals surface area contributed by atoms with E-state index in [9.17, 15) is 4.79 Å². The van der Waals surface area contributed by atoms with Crippen LogP contribution in [0.1, 0.15) is 34.6 Å². The fourth-order valence-electron chi connectivity index (χ4n) is 1.93. The van der Waals surface area contributed by atoms with Crippen molar-refractivity contribution in [1.29, 1.82) is 0 Å². The van der Waals surface area contributed by atoms with Crippen molar-refractivity contribution in [3.8, 4) is 0 Å². The Morgan fingerprint density at radius 1 is 1.47 bits per heavy atom. The maximum atomic E-state index is 12.1. The van der Waals surface area contributed by atoms with Crippen LogP contribution < -0.4 is 5.32 Å². The van der Waals surface area contributed by atoms with E-state index in [1.54, 1.807) is 35.1 Å². The van der Waals surface area contributed by atoms with E-state index in [0.717, 1.165) is 11.3 Å². The van der Waals surface area contributed by atoms with E-state index in [-0.39, 0.29) is 11.9 Å². The molecule has 0 bridgehead atoms. The standard InChI is InChI=1S/C14H16ClN3O/c1-9(13-8-16-18(3)10(13)2)17-14(19)11-5-4-6-12(15)7-11/h4-9H,1-3H3,(H,17,19). The molecule has 4 nitrogen and oxygen atoms in total. The van der Waals surface area contributed by atoms with Crippen LogP contribution in [0.4, 0.5) is 0 Å². The number of amides is 1. The second kappa shape index (κ2) is 5.45. The Balaban J connectivity index is 2.13. The first-order valence-corrected chi connectivity index (χ1v) is 6.41. The molecule has 0 spiro atoms. The number of carbonyl (C=O) groups excluding carboxylic acids is 1. The lowest BCUT2D eigenvalue weighted by Crippen LogP contribution is -2.26. The van der Waals surface area contributed by atoms with Crippen molar-refractivity contribution < 1.29 is 4.79 Å². The van der Waals surface area contributed by atoms with Crippen molar-refractivity contribution in [3.63, 3.8) is 0 Å². The van der Waals surface area contributed by atoms with Gasteiger partial charge in [-0.15, -0.1) is 0 Å². The third-order valence-corrected chi connectivity index (χ3v) is 3.41. The first-order valence-electron chi connectivity index (χ1n) is 6.04. The number of hydrogen-bond donors (Lipinski definition) is 1. The number of hydrogen-bond acceptors (Lipinski definition) is 2. The molecule has 0 radical (unpaired) electrons. The number of carbonyl (C=O) groups is 1. The predicted molar refractivity (Wildman–Crippen MR) is 75.3 cm³/mol. The molecule has 1 heterocycles. The zero-order valence-electron chi connectivity index (χ0n) is 11.1. The first kappa shape index (κ1) is 13.6. The van der Waals surface area contributed by atoms with Crippen LogP contribution in [0.3, 0.4) is 0 Å². The summed E-state index contributed by atoms with van der Waals surface area (Å²) in [6, 6.07) is 6.80. The number of aromatic nitrogens is 2. The highest BCUT2D eigenvalue weighted by molar-refractivity contribution is 6.30. The van der Waals surface area contributed by atoms with E-state index >= 15 is 0 Å². The molecule has 0 saturated carbocycles. The Morgan fingerprint density at radius 3 is 2.79 bits per heavy atom. The van der Waals surface area contributed by atoms with Crippen LogP contribution in [0.15, 0.2) is 30.5 Å². The summed E-state index contributed by atoms with van der Waals surface area (Å²) < 4.78 is 1.79. The molecule has 1 atom stereocenters. The lowest BCUT2D eigenvalue weighted by atomic mass is 10.1. The van der Waals surface area contributed by atoms with Gasteiger partial charge in [0.25, 0.3) is 5.91 Å². The molecule has 0 aliphatic heterocycles. The molecule has 1 aromatic carbocycles. The number of rotatable bonds is 3. The molecule has 1 amide bonds. The van der Waals surface area contributed by atoms with E-state index < -0.39 is 0 Å². The molecule has 100 valence electrons. The highest BCUT2D eigenvalue weighted by Gasteiger charge is 2.15. The van der Waals surface area contributed by atoms with Gasteiger partial charge in [-0.1, -0.05) is 17.7 Å². The van der Waals surface area contributed by atoms with Crippen LogP contribution in [-0.4, -0.2) is 15.7 Å². The van der Waals surface area contributed by atoms with Gasteiger partial charge in [-0.2, -0.15) is 5.10 Å². The lowest BCUT2D eigenvalue weighted by molar-refractivity contribution is 0.0940. The zero-order valence-corrected chi connectivity index (χ0v) is 11.9. The normalized spacial score (nSPS) is 12.2. The quantitative estimate of drug-likeness (QED) is 0.938. The molecule has 5 heteroatoms. The topological polar surface area (TPSA) is 46.9 Å². The van der Waals surface area contributed by atoms with E-state index in [1.165, 1.54) is 0 Å². The summed E-state index contributed by atoms with van der Waals surface area (Å²) >= 11 is 5.88. The van der Waals surface area contributed by atoms with Crippen molar-refractivity contribution in [2.45, 2.75) is 19.9 Å².